The smallest absolute Gasteiger partial charge is 0.275 e. The van der Waals surface area contributed by atoms with E-state index in [0.29, 0.717) is 10.8 Å². The number of pyridine rings is 1. The second kappa shape index (κ2) is 5.92. The van der Waals surface area contributed by atoms with E-state index in [1.54, 1.807) is 0 Å². The van der Waals surface area contributed by atoms with Crippen LogP contribution in [0, 0.1) is 24.0 Å². The summed E-state index contributed by atoms with van der Waals surface area (Å²) in [6.07, 6.45) is 0. The van der Waals surface area contributed by atoms with Crippen LogP contribution in [0.25, 0.3) is 0 Å². The van der Waals surface area contributed by atoms with Gasteiger partial charge in [-0.15, -0.1) is 11.8 Å². The van der Waals surface area contributed by atoms with Gasteiger partial charge in [0.1, 0.15) is 10.8 Å². The first kappa shape index (κ1) is 14.3. The molecule has 0 amide bonds. The van der Waals surface area contributed by atoms with E-state index in [2.05, 4.69) is 23.2 Å². The molecule has 0 radical (unpaired) electrons. The van der Waals surface area contributed by atoms with Crippen molar-refractivity contribution in [2.75, 3.05) is 5.73 Å². The molecule has 0 saturated heterocycles. The molecule has 1 aromatic carbocycles. The molecule has 0 saturated carbocycles. The van der Waals surface area contributed by atoms with Crippen LogP contribution < -0.4 is 5.73 Å². The summed E-state index contributed by atoms with van der Waals surface area (Å²) in [5.74, 6) is 0.873. The van der Waals surface area contributed by atoms with E-state index < -0.39 is 4.92 Å². The second-order valence-corrected chi connectivity index (χ2v) is 5.63. The molecule has 0 aliphatic rings. The molecule has 0 atom stereocenters. The number of thioether (sulfide) groups is 1. The molecular formula is C14H15N3O2S. The maximum atomic E-state index is 10.8. The fraction of sp³-hybridized carbons (Fsp3) is 0.214. The molecule has 0 aliphatic carbocycles. The van der Waals surface area contributed by atoms with Crippen LogP contribution in [-0.4, -0.2) is 9.91 Å². The number of hydrogen-bond donors (Lipinski definition) is 1. The van der Waals surface area contributed by atoms with Crippen molar-refractivity contribution in [1.82, 2.24) is 4.98 Å². The molecule has 2 aromatic rings. The number of nitrogens with two attached hydrogens (primary N) is 1. The minimum absolute atomic E-state index is 0.0274. The van der Waals surface area contributed by atoms with Crippen LogP contribution in [0.3, 0.4) is 0 Å². The number of anilines is 1. The molecule has 1 aromatic heterocycles. The van der Waals surface area contributed by atoms with Crippen molar-refractivity contribution in [3.63, 3.8) is 0 Å². The number of nitrogens with zero attached hydrogens (tertiary/aromatic N) is 2. The average Bonchev–Trinajstić information content (AvgIpc) is 2.34. The predicted molar refractivity (Wildman–Crippen MR) is 80.8 cm³/mol. The quantitative estimate of drug-likeness (QED) is 0.529. The Hall–Kier alpha value is -2.08. The lowest BCUT2D eigenvalue weighted by atomic mass is 10.1. The van der Waals surface area contributed by atoms with Gasteiger partial charge in [-0.1, -0.05) is 29.3 Å². The van der Waals surface area contributed by atoms with Gasteiger partial charge >= 0.3 is 0 Å². The fourth-order valence-corrected chi connectivity index (χ4v) is 2.86. The lowest BCUT2D eigenvalue weighted by Gasteiger charge is -2.05. The van der Waals surface area contributed by atoms with Crippen molar-refractivity contribution in [3.05, 3.63) is 57.1 Å². The Morgan fingerprint density at radius 3 is 2.45 bits per heavy atom. The van der Waals surface area contributed by atoms with Crippen molar-refractivity contribution >= 4 is 23.3 Å². The molecule has 5 nitrogen and oxygen atoms in total. The van der Waals surface area contributed by atoms with Crippen LogP contribution in [0.2, 0.25) is 0 Å². The van der Waals surface area contributed by atoms with Crippen LogP contribution in [0.4, 0.5) is 11.5 Å². The highest BCUT2D eigenvalue weighted by Crippen LogP contribution is 2.26. The number of aryl methyl sites for hydroxylation is 2. The Morgan fingerprint density at radius 2 is 1.85 bits per heavy atom. The lowest BCUT2D eigenvalue weighted by Crippen LogP contribution is -1.96. The molecule has 2 N–H and O–H groups in total. The highest BCUT2D eigenvalue weighted by molar-refractivity contribution is 7.98. The molecule has 0 spiro atoms. The van der Waals surface area contributed by atoms with Crippen molar-refractivity contribution in [2.24, 2.45) is 0 Å². The molecular weight excluding hydrogens is 274 g/mol. The first-order valence-corrected chi connectivity index (χ1v) is 7.04. The second-order valence-electron chi connectivity index (χ2n) is 4.63. The lowest BCUT2D eigenvalue weighted by molar-refractivity contribution is -0.385. The summed E-state index contributed by atoms with van der Waals surface area (Å²) in [6, 6.07) is 9.02. The Bertz CT molecular complexity index is 639. The van der Waals surface area contributed by atoms with E-state index in [9.17, 15) is 10.1 Å². The van der Waals surface area contributed by atoms with Crippen LogP contribution in [0.15, 0.2) is 35.4 Å². The first-order valence-electron chi connectivity index (χ1n) is 6.06. The molecule has 20 heavy (non-hydrogen) atoms. The summed E-state index contributed by atoms with van der Waals surface area (Å²) >= 11 is 1.44. The molecule has 0 unspecified atom stereocenters. The summed E-state index contributed by atoms with van der Waals surface area (Å²) in [6.45, 7) is 4.09. The third-order valence-electron chi connectivity index (χ3n) is 2.69. The Labute approximate surface area is 121 Å². The van der Waals surface area contributed by atoms with Gasteiger partial charge in [-0.25, -0.2) is 4.98 Å². The fourth-order valence-electron chi connectivity index (χ4n) is 2.00. The number of nitro groups is 1. The van der Waals surface area contributed by atoms with Crippen molar-refractivity contribution < 1.29 is 4.92 Å². The van der Waals surface area contributed by atoms with Gasteiger partial charge in [0.25, 0.3) is 5.69 Å². The van der Waals surface area contributed by atoms with E-state index in [0.717, 1.165) is 0 Å². The SMILES string of the molecule is Cc1cc(C)cc(CSc2cc([N+](=O)[O-])cc(N)n2)c1. The van der Waals surface area contributed by atoms with Gasteiger partial charge < -0.3 is 5.73 Å². The van der Waals surface area contributed by atoms with Crippen LogP contribution in [0.5, 0.6) is 0 Å². The third kappa shape index (κ3) is 3.71. The Balaban J connectivity index is 2.16. The molecule has 104 valence electrons. The van der Waals surface area contributed by atoms with Crippen LogP contribution in [-0.2, 0) is 5.75 Å². The Kier molecular flexibility index (Phi) is 4.24. The monoisotopic (exact) mass is 289 g/mol. The van der Waals surface area contributed by atoms with Gasteiger partial charge in [-0.2, -0.15) is 0 Å². The minimum atomic E-state index is -0.459. The Morgan fingerprint density at radius 1 is 1.20 bits per heavy atom. The first-order chi connectivity index (χ1) is 9.44. The topological polar surface area (TPSA) is 82.0 Å². The van der Waals surface area contributed by atoms with Crippen molar-refractivity contribution in [3.8, 4) is 0 Å². The summed E-state index contributed by atoms with van der Waals surface area (Å²) in [5.41, 5.74) is 9.13. The third-order valence-corrected chi connectivity index (χ3v) is 3.67. The number of aromatic nitrogens is 1. The van der Waals surface area contributed by atoms with E-state index in [1.165, 1.54) is 40.6 Å². The van der Waals surface area contributed by atoms with E-state index in [-0.39, 0.29) is 11.5 Å². The van der Waals surface area contributed by atoms with Gasteiger partial charge in [0, 0.05) is 11.8 Å². The molecule has 0 fully saturated rings. The van der Waals surface area contributed by atoms with Crippen LogP contribution >= 0.6 is 11.8 Å². The predicted octanol–water partition coefficient (Wildman–Crippen LogP) is 3.48. The molecule has 0 aliphatic heterocycles. The highest BCUT2D eigenvalue weighted by atomic mass is 32.2. The van der Waals surface area contributed by atoms with Gasteiger partial charge in [0.15, 0.2) is 0 Å². The normalized spacial score (nSPS) is 10.5. The summed E-state index contributed by atoms with van der Waals surface area (Å²) in [7, 11) is 0. The van der Waals surface area contributed by atoms with E-state index in [4.69, 9.17) is 5.73 Å². The summed E-state index contributed by atoms with van der Waals surface area (Å²) in [5, 5.41) is 11.3. The zero-order chi connectivity index (χ0) is 14.7. The number of benzene rings is 1. The number of hydrogen-bond acceptors (Lipinski definition) is 5. The maximum Gasteiger partial charge on any atom is 0.275 e. The van der Waals surface area contributed by atoms with Gasteiger partial charge in [0.2, 0.25) is 0 Å². The maximum absolute atomic E-state index is 10.8. The minimum Gasteiger partial charge on any atom is -0.383 e. The largest absolute Gasteiger partial charge is 0.383 e. The highest BCUT2D eigenvalue weighted by Gasteiger charge is 2.10. The zero-order valence-electron chi connectivity index (χ0n) is 11.3. The van der Waals surface area contributed by atoms with Gasteiger partial charge in [-0.3, -0.25) is 10.1 Å². The molecule has 0 bridgehead atoms. The molecule has 1 heterocycles. The zero-order valence-corrected chi connectivity index (χ0v) is 12.1. The average molecular weight is 289 g/mol. The van der Waals surface area contributed by atoms with Crippen LogP contribution in [0.1, 0.15) is 16.7 Å². The van der Waals surface area contributed by atoms with Crippen molar-refractivity contribution in [2.45, 2.75) is 24.6 Å². The number of nitrogen functional groups attached to an aromatic ring is 1. The van der Waals surface area contributed by atoms with E-state index in [1.807, 2.05) is 13.8 Å². The van der Waals surface area contributed by atoms with Gasteiger partial charge in [0.05, 0.1) is 11.0 Å². The van der Waals surface area contributed by atoms with Crippen molar-refractivity contribution in [1.29, 1.82) is 0 Å². The number of rotatable bonds is 4. The van der Waals surface area contributed by atoms with E-state index >= 15 is 0 Å². The summed E-state index contributed by atoms with van der Waals surface area (Å²) in [4.78, 5) is 14.4. The molecule has 6 heteroatoms. The van der Waals surface area contributed by atoms with Gasteiger partial charge in [-0.05, 0) is 19.4 Å². The summed E-state index contributed by atoms with van der Waals surface area (Å²) < 4.78 is 0. The standard InChI is InChI=1S/C14H15N3O2S/c1-9-3-10(2)5-11(4-9)8-20-14-7-12(17(18)19)6-13(15)16-14/h3-7H,8H2,1-2H3,(H2,15,16). The molecule has 2 rings (SSSR count).